The molecule has 1 heterocycles. The Morgan fingerprint density at radius 2 is 2.17 bits per heavy atom. The Bertz CT molecular complexity index is 578. The van der Waals surface area contributed by atoms with E-state index in [-0.39, 0.29) is 17.4 Å². The molecule has 1 aromatic heterocycles. The number of furan rings is 1. The minimum Gasteiger partial charge on any atom is -0.456 e. The van der Waals surface area contributed by atoms with Gasteiger partial charge in [0.15, 0.2) is 5.76 Å². The third-order valence-corrected chi connectivity index (χ3v) is 2.49. The quantitative estimate of drug-likeness (QED) is 0.820. The molecule has 0 aliphatic rings. The topological polar surface area (TPSA) is 68.3 Å². The van der Waals surface area contributed by atoms with Crippen molar-refractivity contribution in [1.29, 1.82) is 0 Å². The molecule has 0 spiro atoms. The molecule has 0 fully saturated rings. The number of carbonyl (C=O) groups is 1. The van der Waals surface area contributed by atoms with Crippen LogP contribution in [0.1, 0.15) is 23.2 Å². The second kappa shape index (κ2) is 4.91. The molecule has 0 unspecified atom stereocenters. The first kappa shape index (κ1) is 12.2. The zero-order valence-corrected chi connectivity index (χ0v) is 9.87. The van der Waals surface area contributed by atoms with Crippen LogP contribution in [0.3, 0.4) is 0 Å². The first-order valence-electron chi connectivity index (χ1n) is 5.55. The molecule has 2 rings (SSSR count). The minimum absolute atomic E-state index is 0.0125. The van der Waals surface area contributed by atoms with Crippen molar-refractivity contribution in [1.82, 2.24) is 0 Å². The van der Waals surface area contributed by atoms with Crippen LogP contribution in [0.5, 0.6) is 0 Å². The fourth-order valence-electron chi connectivity index (χ4n) is 1.50. The van der Waals surface area contributed by atoms with Gasteiger partial charge in [-0.25, -0.2) is 4.39 Å². The van der Waals surface area contributed by atoms with Gasteiger partial charge >= 0.3 is 0 Å². The van der Waals surface area contributed by atoms with Crippen LogP contribution < -0.4 is 11.1 Å². The van der Waals surface area contributed by atoms with Gasteiger partial charge in [0.25, 0.3) is 5.91 Å². The lowest BCUT2D eigenvalue weighted by molar-refractivity contribution is 0.0995. The van der Waals surface area contributed by atoms with Gasteiger partial charge < -0.3 is 15.5 Å². The molecular formula is C13H13FN2O2. The van der Waals surface area contributed by atoms with Crippen LogP contribution in [0, 0.1) is 5.82 Å². The zero-order chi connectivity index (χ0) is 13.1. The van der Waals surface area contributed by atoms with Crippen LogP contribution >= 0.6 is 0 Å². The molecule has 94 valence electrons. The Kier molecular flexibility index (Phi) is 3.32. The third kappa shape index (κ3) is 2.51. The van der Waals surface area contributed by atoms with Crippen molar-refractivity contribution in [3.8, 4) is 0 Å². The van der Waals surface area contributed by atoms with Crippen molar-refractivity contribution in [2.75, 3.05) is 11.1 Å². The molecule has 0 radical (unpaired) electrons. The van der Waals surface area contributed by atoms with Gasteiger partial charge in [0.1, 0.15) is 11.6 Å². The number of rotatable bonds is 3. The SMILES string of the molecule is CCc1ccc(C(=O)Nc2ccc(F)c(N)c2)o1. The van der Waals surface area contributed by atoms with Crippen LogP contribution in [-0.4, -0.2) is 5.91 Å². The average molecular weight is 248 g/mol. The number of nitrogens with one attached hydrogen (secondary N) is 1. The number of benzene rings is 1. The Hall–Kier alpha value is -2.30. The van der Waals surface area contributed by atoms with Gasteiger partial charge in [-0.1, -0.05) is 6.92 Å². The molecule has 0 saturated carbocycles. The first-order valence-corrected chi connectivity index (χ1v) is 5.55. The molecule has 5 heteroatoms. The first-order chi connectivity index (χ1) is 8.60. The van der Waals surface area contributed by atoms with E-state index in [0.29, 0.717) is 5.69 Å². The normalized spacial score (nSPS) is 10.3. The summed E-state index contributed by atoms with van der Waals surface area (Å²) in [6.07, 6.45) is 0.719. The predicted molar refractivity (Wildman–Crippen MR) is 66.9 cm³/mol. The Morgan fingerprint density at radius 3 is 2.78 bits per heavy atom. The molecule has 1 amide bonds. The second-order valence-corrected chi connectivity index (χ2v) is 3.81. The summed E-state index contributed by atoms with van der Waals surface area (Å²) in [6, 6.07) is 7.34. The molecule has 3 N–H and O–H groups in total. The number of aryl methyl sites for hydroxylation is 1. The lowest BCUT2D eigenvalue weighted by Gasteiger charge is -2.04. The van der Waals surface area contributed by atoms with Crippen molar-refractivity contribution < 1.29 is 13.6 Å². The van der Waals surface area contributed by atoms with Crippen LogP contribution in [-0.2, 0) is 6.42 Å². The van der Waals surface area contributed by atoms with E-state index in [4.69, 9.17) is 10.2 Å². The molecule has 0 aliphatic heterocycles. The standard InChI is InChI=1S/C13H13FN2O2/c1-2-9-4-6-12(18-9)13(17)16-8-3-5-10(14)11(15)7-8/h3-7H,2,15H2,1H3,(H,16,17). The molecule has 0 bridgehead atoms. The van der Waals surface area contributed by atoms with Gasteiger partial charge in [-0.05, 0) is 30.3 Å². The maximum atomic E-state index is 13.0. The van der Waals surface area contributed by atoms with E-state index in [2.05, 4.69) is 5.32 Å². The Balaban J connectivity index is 2.13. The summed E-state index contributed by atoms with van der Waals surface area (Å²) < 4.78 is 18.3. The van der Waals surface area contributed by atoms with Crippen LogP contribution in [0.25, 0.3) is 0 Å². The van der Waals surface area contributed by atoms with E-state index in [1.54, 1.807) is 12.1 Å². The summed E-state index contributed by atoms with van der Waals surface area (Å²) in [4.78, 5) is 11.8. The number of hydrogen-bond donors (Lipinski definition) is 2. The third-order valence-electron chi connectivity index (χ3n) is 2.49. The van der Waals surface area contributed by atoms with Gasteiger partial charge in [0, 0.05) is 12.1 Å². The fourth-order valence-corrected chi connectivity index (χ4v) is 1.50. The molecular weight excluding hydrogens is 235 g/mol. The van der Waals surface area contributed by atoms with Gasteiger partial charge in [-0.2, -0.15) is 0 Å². The zero-order valence-electron chi connectivity index (χ0n) is 9.87. The highest BCUT2D eigenvalue weighted by atomic mass is 19.1. The van der Waals surface area contributed by atoms with Crippen LogP contribution in [0.2, 0.25) is 0 Å². The Morgan fingerprint density at radius 1 is 1.39 bits per heavy atom. The fraction of sp³-hybridized carbons (Fsp3) is 0.154. The summed E-state index contributed by atoms with van der Waals surface area (Å²) in [7, 11) is 0. The number of anilines is 2. The molecule has 4 nitrogen and oxygen atoms in total. The molecule has 0 atom stereocenters. The van der Waals surface area contributed by atoms with E-state index in [9.17, 15) is 9.18 Å². The maximum absolute atomic E-state index is 13.0. The van der Waals surface area contributed by atoms with E-state index in [0.717, 1.165) is 12.2 Å². The summed E-state index contributed by atoms with van der Waals surface area (Å²) in [5, 5.41) is 2.58. The number of nitrogen functional groups attached to an aromatic ring is 1. The summed E-state index contributed by atoms with van der Waals surface area (Å²) in [6.45, 7) is 1.93. The maximum Gasteiger partial charge on any atom is 0.291 e. The Labute approximate surface area is 104 Å². The van der Waals surface area contributed by atoms with Gasteiger partial charge in [-0.15, -0.1) is 0 Å². The largest absolute Gasteiger partial charge is 0.456 e. The van der Waals surface area contributed by atoms with E-state index in [1.165, 1.54) is 18.2 Å². The predicted octanol–water partition coefficient (Wildman–Crippen LogP) is 2.82. The minimum atomic E-state index is -0.515. The number of halogens is 1. The van der Waals surface area contributed by atoms with Crippen molar-refractivity contribution in [3.63, 3.8) is 0 Å². The van der Waals surface area contributed by atoms with Crippen molar-refractivity contribution in [2.24, 2.45) is 0 Å². The van der Waals surface area contributed by atoms with Crippen LogP contribution in [0.4, 0.5) is 15.8 Å². The lowest BCUT2D eigenvalue weighted by atomic mass is 10.2. The highest BCUT2D eigenvalue weighted by molar-refractivity contribution is 6.02. The monoisotopic (exact) mass is 248 g/mol. The lowest BCUT2D eigenvalue weighted by Crippen LogP contribution is -2.11. The van der Waals surface area contributed by atoms with Gasteiger partial charge in [-0.3, -0.25) is 4.79 Å². The number of nitrogens with two attached hydrogens (primary N) is 1. The smallest absolute Gasteiger partial charge is 0.291 e. The number of carbonyl (C=O) groups excluding carboxylic acids is 1. The summed E-state index contributed by atoms with van der Waals surface area (Å²) in [5.41, 5.74) is 5.82. The molecule has 18 heavy (non-hydrogen) atoms. The molecule has 1 aromatic carbocycles. The van der Waals surface area contributed by atoms with Gasteiger partial charge in [0.05, 0.1) is 5.69 Å². The average Bonchev–Trinajstić information content (AvgIpc) is 2.82. The number of hydrogen-bond acceptors (Lipinski definition) is 3. The van der Waals surface area contributed by atoms with E-state index >= 15 is 0 Å². The van der Waals surface area contributed by atoms with Crippen molar-refractivity contribution >= 4 is 17.3 Å². The second-order valence-electron chi connectivity index (χ2n) is 3.81. The summed E-state index contributed by atoms with van der Waals surface area (Å²) in [5.74, 6) is 0.0495. The van der Waals surface area contributed by atoms with E-state index < -0.39 is 5.82 Å². The molecule has 0 aliphatic carbocycles. The number of amides is 1. The highest BCUT2D eigenvalue weighted by Crippen LogP contribution is 2.17. The van der Waals surface area contributed by atoms with Crippen molar-refractivity contribution in [2.45, 2.75) is 13.3 Å². The van der Waals surface area contributed by atoms with E-state index in [1.807, 2.05) is 6.92 Å². The highest BCUT2D eigenvalue weighted by Gasteiger charge is 2.11. The summed E-state index contributed by atoms with van der Waals surface area (Å²) >= 11 is 0. The van der Waals surface area contributed by atoms with Gasteiger partial charge in [0.2, 0.25) is 0 Å². The van der Waals surface area contributed by atoms with Crippen LogP contribution in [0.15, 0.2) is 34.7 Å². The molecule has 2 aromatic rings. The molecule has 0 saturated heterocycles. The van der Waals surface area contributed by atoms with Crippen molar-refractivity contribution in [3.05, 3.63) is 47.7 Å².